The molecule has 1 heterocycles. The van der Waals surface area contributed by atoms with Crippen LogP contribution in [0.3, 0.4) is 0 Å². The highest BCUT2D eigenvalue weighted by Gasteiger charge is 2.20. The van der Waals surface area contributed by atoms with Crippen LogP contribution in [0.4, 0.5) is 15.8 Å². The number of carbonyl (C=O) groups excluding carboxylic acids is 1. The molecule has 0 spiro atoms. The lowest BCUT2D eigenvalue weighted by atomic mass is 10.1. The molecule has 0 fully saturated rings. The van der Waals surface area contributed by atoms with E-state index in [1.54, 1.807) is 25.1 Å². The van der Waals surface area contributed by atoms with Crippen LogP contribution in [-0.2, 0) is 13.6 Å². The second kappa shape index (κ2) is 13.1. The predicted molar refractivity (Wildman–Crippen MR) is 149 cm³/mol. The molecule has 12 heteroatoms. The zero-order valence-electron chi connectivity index (χ0n) is 22.7. The van der Waals surface area contributed by atoms with Crippen molar-refractivity contribution < 1.29 is 23.4 Å². The zero-order chi connectivity index (χ0) is 29.4. The van der Waals surface area contributed by atoms with E-state index in [0.717, 1.165) is 15.3 Å². The number of methoxy groups -OCH3 is 2. The topological polar surface area (TPSA) is 126 Å². The number of benzene rings is 2. The second-order valence-corrected chi connectivity index (χ2v) is 8.09. The van der Waals surface area contributed by atoms with Crippen LogP contribution in [0.5, 0.6) is 17.2 Å². The van der Waals surface area contributed by atoms with Crippen molar-refractivity contribution in [3.05, 3.63) is 74.3 Å². The van der Waals surface area contributed by atoms with Crippen molar-refractivity contribution in [2.45, 2.75) is 26.8 Å². The molecule has 2 aromatic carbocycles. The van der Waals surface area contributed by atoms with Gasteiger partial charge in [-0.1, -0.05) is 12.8 Å². The summed E-state index contributed by atoms with van der Waals surface area (Å²) in [5, 5.41) is 6.20. The average molecular weight is 550 g/mol. The minimum Gasteiger partial charge on any atom is -0.493 e. The second-order valence-electron chi connectivity index (χ2n) is 8.09. The lowest BCUT2D eigenvalue weighted by Crippen LogP contribution is -2.44. The number of hydrogen-bond acceptors (Lipinski definition) is 8. The summed E-state index contributed by atoms with van der Waals surface area (Å²) in [6, 6.07) is 6.96. The highest BCUT2D eigenvalue weighted by Crippen LogP contribution is 2.39. The molecule has 1 amide bonds. The Kier molecular flexibility index (Phi) is 9.59. The third kappa shape index (κ3) is 6.27. The molecule has 0 saturated carbocycles. The number of amides is 1. The Labute approximate surface area is 229 Å². The molecule has 0 aliphatic carbocycles. The summed E-state index contributed by atoms with van der Waals surface area (Å²) in [5.41, 5.74) is -1.24. The van der Waals surface area contributed by atoms with Crippen molar-refractivity contribution >= 4 is 29.8 Å². The Morgan fingerprint density at radius 1 is 1.15 bits per heavy atom. The van der Waals surface area contributed by atoms with Gasteiger partial charge < -0.3 is 19.5 Å². The van der Waals surface area contributed by atoms with Crippen molar-refractivity contribution in [1.29, 1.82) is 0 Å². The van der Waals surface area contributed by atoms with Crippen LogP contribution in [0.2, 0.25) is 0 Å². The van der Waals surface area contributed by atoms with Crippen LogP contribution in [0.25, 0.3) is 5.76 Å². The molecule has 3 rings (SSSR count). The van der Waals surface area contributed by atoms with Crippen LogP contribution >= 0.6 is 0 Å². The number of halogens is 1. The molecule has 0 atom stereocenters. The molecule has 0 radical (unpaired) electrons. The number of rotatable bonds is 9. The number of nitrogens with zero attached hydrogens (tertiary/aromatic N) is 4. The van der Waals surface area contributed by atoms with Gasteiger partial charge in [-0.25, -0.2) is 18.4 Å². The van der Waals surface area contributed by atoms with E-state index >= 15 is 4.39 Å². The fourth-order valence-electron chi connectivity index (χ4n) is 3.60. The van der Waals surface area contributed by atoms with Gasteiger partial charge >= 0.3 is 5.69 Å². The minimum absolute atomic E-state index is 0.0313. The third-order valence-corrected chi connectivity index (χ3v) is 5.57. The summed E-state index contributed by atoms with van der Waals surface area (Å²) in [5.74, 6) is 4.69. The largest absolute Gasteiger partial charge is 0.493 e. The number of aromatic nitrogens is 3. The predicted octanol–water partition coefficient (Wildman–Crippen LogP) is 3.54. The fourth-order valence-corrected chi connectivity index (χ4v) is 3.60. The normalized spacial score (nSPS) is 10.8. The average Bonchev–Trinajstić information content (AvgIpc) is 2.95. The van der Waals surface area contributed by atoms with E-state index in [1.807, 2.05) is 6.92 Å². The van der Waals surface area contributed by atoms with E-state index in [9.17, 15) is 14.4 Å². The smallest absolute Gasteiger partial charge is 0.348 e. The third-order valence-electron chi connectivity index (χ3n) is 5.57. The molecule has 11 nitrogen and oxygen atoms in total. The molecule has 0 aliphatic rings. The molecular weight excluding hydrogens is 521 g/mol. The summed E-state index contributed by atoms with van der Waals surface area (Å²) in [6.45, 7) is 6.90. The van der Waals surface area contributed by atoms with Gasteiger partial charge in [-0.3, -0.25) is 14.6 Å². The van der Waals surface area contributed by atoms with Crippen LogP contribution in [0.15, 0.2) is 51.0 Å². The van der Waals surface area contributed by atoms with E-state index < -0.39 is 28.7 Å². The maximum atomic E-state index is 15.1. The molecule has 3 aromatic rings. The number of nitrogens with one attached hydrogen (secondary N) is 1. The van der Waals surface area contributed by atoms with Gasteiger partial charge in [0, 0.05) is 36.9 Å². The van der Waals surface area contributed by atoms with Gasteiger partial charge in [-0.2, -0.15) is 5.10 Å². The van der Waals surface area contributed by atoms with Gasteiger partial charge in [0.25, 0.3) is 11.5 Å². The van der Waals surface area contributed by atoms with Gasteiger partial charge in [0.2, 0.25) is 5.69 Å². The molecule has 208 valence electrons. The number of aryl methyl sites for hydroxylation is 1. The van der Waals surface area contributed by atoms with Gasteiger partial charge in [0.1, 0.15) is 5.76 Å². The zero-order valence-corrected chi connectivity index (χ0v) is 22.7. The quantitative estimate of drug-likeness (QED) is 0.246. The first-order valence-corrected chi connectivity index (χ1v) is 12.0. The van der Waals surface area contributed by atoms with E-state index in [2.05, 4.69) is 34.0 Å². The SMILES string of the molecule is C=Nc1cc(OC)c(OC)cc1/C(=C\C)Oc1ccc(NC(=O)c2nn(C)c(=O)n(CC#CCC)c2=O)cc1F. The maximum Gasteiger partial charge on any atom is 0.348 e. The Morgan fingerprint density at radius 2 is 1.85 bits per heavy atom. The Balaban J connectivity index is 1.88. The Hall–Kier alpha value is -5.18. The molecule has 1 aromatic heterocycles. The summed E-state index contributed by atoms with van der Waals surface area (Å²) in [6.07, 6.45) is 2.15. The van der Waals surface area contributed by atoms with Gasteiger partial charge in [-0.15, -0.1) is 5.92 Å². The van der Waals surface area contributed by atoms with Crippen LogP contribution in [0, 0.1) is 17.7 Å². The van der Waals surface area contributed by atoms with E-state index in [-0.39, 0.29) is 23.7 Å². The number of aliphatic imine (C=N–C) groups is 1. The first-order valence-electron chi connectivity index (χ1n) is 12.0. The number of hydrogen-bond donors (Lipinski definition) is 1. The number of anilines is 1. The number of ether oxygens (including phenoxy) is 3. The molecule has 0 bridgehead atoms. The van der Waals surface area contributed by atoms with Crippen LogP contribution < -0.4 is 30.8 Å². The van der Waals surface area contributed by atoms with E-state index in [4.69, 9.17) is 14.2 Å². The molecule has 0 aliphatic heterocycles. The summed E-state index contributed by atoms with van der Waals surface area (Å²) >= 11 is 0. The van der Waals surface area contributed by atoms with Crippen LogP contribution in [0.1, 0.15) is 36.3 Å². The Bertz CT molecular complexity index is 1660. The molecule has 0 unspecified atom stereocenters. The van der Waals surface area contributed by atoms with E-state index in [0.29, 0.717) is 29.2 Å². The summed E-state index contributed by atoms with van der Waals surface area (Å²) in [4.78, 5) is 41.9. The molecule has 40 heavy (non-hydrogen) atoms. The fraction of sp³-hybridized carbons (Fsp3) is 0.250. The van der Waals surface area contributed by atoms with Crippen molar-refractivity contribution in [2.75, 3.05) is 19.5 Å². The van der Waals surface area contributed by atoms with Gasteiger partial charge in [-0.05, 0) is 37.9 Å². The lowest BCUT2D eigenvalue weighted by Gasteiger charge is -2.16. The van der Waals surface area contributed by atoms with Crippen molar-refractivity contribution in [3.63, 3.8) is 0 Å². The maximum absolute atomic E-state index is 15.1. The van der Waals surface area contributed by atoms with E-state index in [1.165, 1.54) is 33.4 Å². The monoisotopic (exact) mass is 549 g/mol. The van der Waals surface area contributed by atoms with Gasteiger partial charge in [0.05, 0.1) is 26.5 Å². The van der Waals surface area contributed by atoms with Crippen molar-refractivity contribution in [2.24, 2.45) is 12.0 Å². The first kappa shape index (κ1) is 29.4. The van der Waals surface area contributed by atoms with Crippen LogP contribution in [-0.4, -0.2) is 41.2 Å². The summed E-state index contributed by atoms with van der Waals surface area (Å²) in [7, 11) is 4.27. The summed E-state index contributed by atoms with van der Waals surface area (Å²) < 4.78 is 33.2. The highest BCUT2D eigenvalue weighted by molar-refractivity contribution is 6.02. The highest BCUT2D eigenvalue weighted by atomic mass is 19.1. The Morgan fingerprint density at radius 3 is 2.45 bits per heavy atom. The van der Waals surface area contributed by atoms with Crippen molar-refractivity contribution in [1.82, 2.24) is 14.3 Å². The molecule has 0 saturated heterocycles. The van der Waals surface area contributed by atoms with Crippen molar-refractivity contribution in [3.8, 4) is 29.1 Å². The minimum atomic E-state index is -0.924. The number of carbonyl (C=O) groups is 1. The lowest BCUT2D eigenvalue weighted by molar-refractivity contribution is 0.101. The molecule has 1 N–H and O–H groups in total. The number of allylic oxidation sites excluding steroid dienone is 1. The standard InChI is InChI=1S/C28H28FN5O6/c1-7-9-10-13-34-27(36)25(32-33(4)28(34)37)26(35)31-17-11-12-22(19(29)14-17)40-21(8-2)18-15-23(38-5)24(39-6)16-20(18)30-3/h8,11-12,14-16H,3,7,13H2,1-2,4-6H3,(H,31,35)/b21-8+. The molecular formula is C28H28FN5O6. The van der Waals surface area contributed by atoms with Gasteiger partial charge in [0.15, 0.2) is 23.1 Å². The first-order chi connectivity index (χ1) is 19.2.